The molecule has 0 spiro atoms. The highest BCUT2D eigenvalue weighted by atomic mass is 32.2. The first-order chi connectivity index (χ1) is 12.3. The molecule has 3 rings (SSSR count). The van der Waals surface area contributed by atoms with Gasteiger partial charge in [0.25, 0.3) is 0 Å². The van der Waals surface area contributed by atoms with Gasteiger partial charge in [-0.2, -0.15) is 0 Å². The Morgan fingerprint density at radius 2 is 1.77 bits per heavy atom. The molecule has 0 aliphatic carbocycles. The van der Waals surface area contributed by atoms with Crippen LogP contribution < -0.4 is 5.32 Å². The van der Waals surface area contributed by atoms with Gasteiger partial charge in [-0.15, -0.1) is 0 Å². The third kappa shape index (κ3) is 3.77. The van der Waals surface area contributed by atoms with E-state index in [4.69, 9.17) is 0 Å². The van der Waals surface area contributed by atoms with Crippen LogP contribution in [0.25, 0.3) is 0 Å². The Bertz CT molecular complexity index is 969. The van der Waals surface area contributed by atoms with Gasteiger partial charge >= 0.3 is 6.03 Å². The van der Waals surface area contributed by atoms with E-state index in [2.05, 4.69) is 5.32 Å². The molecule has 1 atom stereocenters. The molecule has 2 aromatic carbocycles. The van der Waals surface area contributed by atoms with Gasteiger partial charge in [0.05, 0.1) is 0 Å². The van der Waals surface area contributed by atoms with Crippen LogP contribution in [0.2, 0.25) is 0 Å². The number of Topliss-reactive ketones (excluding diaryl/α,β-unsaturated/α-hetero) is 1. The normalized spacial score (nSPS) is 16.7. The Balaban J connectivity index is 1.89. The number of amides is 2. The molecule has 0 saturated heterocycles. The van der Waals surface area contributed by atoms with Crippen LogP contribution in [0.4, 0.5) is 10.5 Å². The van der Waals surface area contributed by atoms with E-state index in [1.807, 2.05) is 24.3 Å². The second kappa shape index (κ2) is 6.92. The number of urea groups is 1. The van der Waals surface area contributed by atoms with E-state index < -0.39 is 21.2 Å². The van der Waals surface area contributed by atoms with Gasteiger partial charge in [0.1, 0.15) is 5.37 Å². The van der Waals surface area contributed by atoms with Crippen molar-refractivity contribution in [3.8, 4) is 0 Å². The van der Waals surface area contributed by atoms with Crippen molar-refractivity contribution in [1.82, 2.24) is 4.90 Å². The molecule has 6 nitrogen and oxygen atoms in total. The number of hydrogen-bond donors (Lipinski definition) is 1. The summed E-state index contributed by atoms with van der Waals surface area (Å²) < 4.78 is 24.5. The van der Waals surface area contributed by atoms with E-state index in [-0.39, 0.29) is 18.7 Å². The van der Waals surface area contributed by atoms with E-state index in [9.17, 15) is 18.0 Å². The lowest BCUT2D eigenvalue weighted by molar-refractivity contribution is 0.101. The van der Waals surface area contributed by atoms with Gasteiger partial charge in [0.2, 0.25) is 0 Å². The standard InChI is InChI=1S/C19H20N2O4S/c1-13(22)14-8-5-9-17(10-14)20-19(23)21-12-16-7-4-3-6-15(16)11-18(21)26(2,24)25/h3-10,18H,11-12H2,1-2H3,(H,20,23). The number of hydrogen-bond acceptors (Lipinski definition) is 4. The number of ketones is 1. The minimum Gasteiger partial charge on any atom is -0.308 e. The van der Waals surface area contributed by atoms with Crippen LogP contribution in [0.3, 0.4) is 0 Å². The summed E-state index contributed by atoms with van der Waals surface area (Å²) in [6, 6.07) is 13.6. The molecular formula is C19H20N2O4S. The van der Waals surface area contributed by atoms with Crippen LogP contribution in [-0.4, -0.2) is 36.8 Å². The second-order valence-corrected chi connectivity index (χ2v) is 8.66. The highest BCUT2D eigenvalue weighted by Crippen LogP contribution is 2.26. The van der Waals surface area contributed by atoms with Gasteiger partial charge in [0, 0.05) is 30.5 Å². The van der Waals surface area contributed by atoms with Crippen LogP contribution in [0.15, 0.2) is 48.5 Å². The predicted octanol–water partition coefficient (Wildman–Crippen LogP) is 2.85. The number of rotatable bonds is 3. The molecule has 2 aromatic rings. The molecule has 1 aliphatic rings. The van der Waals surface area contributed by atoms with Crippen LogP contribution in [0, 0.1) is 0 Å². The lowest BCUT2D eigenvalue weighted by atomic mass is 10.00. The molecule has 1 heterocycles. The lowest BCUT2D eigenvalue weighted by Gasteiger charge is -2.35. The zero-order valence-corrected chi connectivity index (χ0v) is 15.4. The van der Waals surface area contributed by atoms with Crippen molar-refractivity contribution in [1.29, 1.82) is 0 Å². The number of benzene rings is 2. The van der Waals surface area contributed by atoms with Crippen LogP contribution in [0.5, 0.6) is 0 Å². The Morgan fingerprint density at radius 3 is 2.42 bits per heavy atom. The van der Waals surface area contributed by atoms with Gasteiger partial charge in [-0.05, 0) is 30.2 Å². The number of nitrogens with one attached hydrogen (secondary N) is 1. The van der Waals surface area contributed by atoms with E-state index in [0.717, 1.165) is 17.4 Å². The van der Waals surface area contributed by atoms with Crippen molar-refractivity contribution in [3.05, 3.63) is 65.2 Å². The molecule has 1 N–H and O–H groups in total. The van der Waals surface area contributed by atoms with Crippen LogP contribution in [0.1, 0.15) is 28.4 Å². The number of sulfone groups is 1. The van der Waals surface area contributed by atoms with Crippen molar-refractivity contribution in [2.45, 2.75) is 25.3 Å². The second-order valence-electron chi connectivity index (χ2n) is 6.45. The maximum absolute atomic E-state index is 12.8. The molecule has 1 aliphatic heterocycles. The molecule has 0 aromatic heterocycles. The van der Waals surface area contributed by atoms with Gasteiger partial charge in [-0.1, -0.05) is 36.4 Å². The largest absolute Gasteiger partial charge is 0.323 e. The maximum atomic E-state index is 12.8. The summed E-state index contributed by atoms with van der Waals surface area (Å²) in [6.07, 6.45) is 1.40. The van der Waals surface area contributed by atoms with Crippen molar-refractivity contribution < 1.29 is 18.0 Å². The number of nitrogens with zero attached hydrogens (tertiary/aromatic N) is 1. The molecular weight excluding hydrogens is 352 g/mol. The molecule has 0 radical (unpaired) electrons. The first-order valence-corrected chi connectivity index (χ1v) is 10.2. The minimum absolute atomic E-state index is 0.109. The molecule has 1 unspecified atom stereocenters. The Morgan fingerprint density at radius 1 is 1.08 bits per heavy atom. The van der Waals surface area contributed by atoms with Gasteiger partial charge in [-0.25, -0.2) is 13.2 Å². The first kappa shape index (κ1) is 18.1. The zero-order valence-electron chi connectivity index (χ0n) is 14.6. The van der Waals surface area contributed by atoms with Crippen molar-refractivity contribution >= 4 is 27.3 Å². The first-order valence-electron chi connectivity index (χ1n) is 8.20. The van der Waals surface area contributed by atoms with E-state index in [1.165, 1.54) is 11.8 Å². The maximum Gasteiger partial charge on any atom is 0.323 e. The van der Waals surface area contributed by atoms with Crippen molar-refractivity contribution in [2.75, 3.05) is 11.6 Å². The number of fused-ring (bicyclic) bond motifs is 1. The van der Waals surface area contributed by atoms with Gasteiger partial charge in [-0.3, -0.25) is 4.79 Å². The van der Waals surface area contributed by atoms with E-state index >= 15 is 0 Å². The van der Waals surface area contributed by atoms with Crippen molar-refractivity contribution in [3.63, 3.8) is 0 Å². The van der Waals surface area contributed by atoms with E-state index in [0.29, 0.717) is 11.3 Å². The number of carbonyl (C=O) groups excluding carboxylic acids is 2. The van der Waals surface area contributed by atoms with E-state index in [1.54, 1.807) is 24.3 Å². The number of carbonyl (C=O) groups is 2. The smallest absolute Gasteiger partial charge is 0.308 e. The summed E-state index contributed by atoms with van der Waals surface area (Å²) in [5.41, 5.74) is 2.80. The average Bonchev–Trinajstić information content (AvgIpc) is 2.60. The fourth-order valence-electron chi connectivity index (χ4n) is 3.09. The fraction of sp³-hybridized carbons (Fsp3) is 0.263. The van der Waals surface area contributed by atoms with Gasteiger partial charge in [0.15, 0.2) is 15.6 Å². The Labute approximate surface area is 152 Å². The molecule has 0 bridgehead atoms. The van der Waals surface area contributed by atoms with Crippen LogP contribution >= 0.6 is 0 Å². The van der Waals surface area contributed by atoms with Crippen LogP contribution in [-0.2, 0) is 22.8 Å². The summed E-state index contributed by atoms with van der Waals surface area (Å²) >= 11 is 0. The Hall–Kier alpha value is -2.67. The molecule has 7 heteroatoms. The summed E-state index contributed by atoms with van der Waals surface area (Å²) in [4.78, 5) is 25.6. The highest BCUT2D eigenvalue weighted by molar-refractivity contribution is 7.91. The third-order valence-corrected chi connectivity index (χ3v) is 5.89. The minimum atomic E-state index is -3.47. The molecule has 2 amide bonds. The summed E-state index contributed by atoms with van der Waals surface area (Å²) in [5, 5.41) is 1.79. The summed E-state index contributed by atoms with van der Waals surface area (Å²) in [6.45, 7) is 1.66. The number of anilines is 1. The van der Waals surface area contributed by atoms with Crippen molar-refractivity contribution in [2.24, 2.45) is 0 Å². The SMILES string of the molecule is CC(=O)c1cccc(NC(=O)N2Cc3ccccc3CC2S(C)(=O)=O)c1. The summed E-state index contributed by atoms with van der Waals surface area (Å²) in [7, 11) is -3.47. The Kier molecular flexibility index (Phi) is 4.82. The topological polar surface area (TPSA) is 83.6 Å². The quantitative estimate of drug-likeness (QED) is 0.840. The predicted molar refractivity (Wildman–Crippen MR) is 99.8 cm³/mol. The van der Waals surface area contributed by atoms with Gasteiger partial charge < -0.3 is 10.2 Å². The molecule has 136 valence electrons. The monoisotopic (exact) mass is 372 g/mol. The highest BCUT2D eigenvalue weighted by Gasteiger charge is 2.36. The fourth-order valence-corrected chi connectivity index (χ4v) is 4.21. The molecule has 0 saturated carbocycles. The third-order valence-electron chi connectivity index (χ3n) is 4.48. The lowest BCUT2D eigenvalue weighted by Crippen LogP contribution is -2.49. The average molecular weight is 372 g/mol. The molecule has 0 fully saturated rings. The zero-order chi connectivity index (χ0) is 18.9. The molecule has 26 heavy (non-hydrogen) atoms. The summed E-state index contributed by atoms with van der Waals surface area (Å²) in [5.74, 6) is -0.109.